The molecule has 8 nitrogen and oxygen atoms in total. The number of carbonyl (C=O) groups is 3. The first-order chi connectivity index (χ1) is 12.0. The fraction of sp³-hybridized carbons (Fsp3) is 0.500. The van der Waals surface area contributed by atoms with Crippen molar-refractivity contribution in [2.24, 2.45) is 5.73 Å². The fourth-order valence-corrected chi connectivity index (χ4v) is 2.84. The average Bonchev–Trinajstić information content (AvgIpc) is 2.50. The number of hydrogen-bond donors (Lipinski definition) is 3. The van der Waals surface area contributed by atoms with Gasteiger partial charge in [0.25, 0.3) is 0 Å². The van der Waals surface area contributed by atoms with E-state index in [0.717, 1.165) is 11.1 Å². The molecule has 142 valence electrons. The minimum Gasteiger partial charge on any atom is -0.444 e. The van der Waals surface area contributed by atoms with Crippen molar-refractivity contribution in [3.63, 3.8) is 0 Å². The van der Waals surface area contributed by atoms with Crippen LogP contribution in [0.15, 0.2) is 18.2 Å². The van der Waals surface area contributed by atoms with Crippen LogP contribution in [0.1, 0.15) is 38.3 Å². The highest BCUT2D eigenvalue weighted by atomic mass is 16.6. The summed E-state index contributed by atoms with van der Waals surface area (Å²) in [5.74, 6) is -1.05. The zero-order valence-corrected chi connectivity index (χ0v) is 15.4. The van der Waals surface area contributed by atoms with Crippen LogP contribution in [-0.4, -0.2) is 41.0 Å². The summed E-state index contributed by atoms with van der Waals surface area (Å²) in [4.78, 5) is 37.8. The minimum absolute atomic E-state index is 0.293. The van der Waals surface area contributed by atoms with Crippen LogP contribution in [0.3, 0.4) is 0 Å². The van der Waals surface area contributed by atoms with Crippen LogP contribution in [-0.2, 0) is 27.3 Å². The van der Waals surface area contributed by atoms with E-state index in [4.69, 9.17) is 16.2 Å². The lowest BCUT2D eigenvalue weighted by molar-refractivity contribution is -0.136. The zero-order chi connectivity index (χ0) is 19.5. The molecule has 2 rings (SSSR count). The van der Waals surface area contributed by atoms with Gasteiger partial charge in [-0.3, -0.25) is 9.59 Å². The maximum atomic E-state index is 12.8. The van der Waals surface area contributed by atoms with Gasteiger partial charge in [0, 0.05) is 18.8 Å². The summed E-state index contributed by atoms with van der Waals surface area (Å²) in [6.07, 6.45) is -0.381. The molecule has 1 aromatic carbocycles. The molecule has 1 atom stereocenters. The van der Waals surface area contributed by atoms with E-state index < -0.39 is 23.6 Å². The van der Waals surface area contributed by atoms with E-state index in [1.165, 1.54) is 0 Å². The second-order valence-corrected chi connectivity index (χ2v) is 7.41. The second-order valence-electron chi connectivity index (χ2n) is 7.41. The predicted molar refractivity (Wildman–Crippen MR) is 96.9 cm³/mol. The molecule has 26 heavy (non-hydrogen) atoms. The Bertz CT molecular complexity index is 712. The molecule has 0 saturated carbocycles. The number of anilines is 1. The first-order valence-corrected chi connectivity index (χ1v) is 8.49. The third kappa shape index (κ3) is 5.37. The number of nitrogen functional groups attached to an aromatic ring is 1. The maximum Gasteiger partial charge on any atom is 0.408 e. The quantitative estimate of drug-likeness (QED) is 0.686. The van der Waals surface area contributed by atoms with Gasteiger partial charge in [0.1, 0.15) is 11.6 Å². The normalized spacial score (nSPS) is 15.0. The number of fused-ring (bicyclic) bond motifs is 1. The zero-order valence-electron chi connectivity index (χ0n) is 15.4. The van der Waals surface area contributed by atoms with Gasteiger partial charge >= 0.3 is 6.09 Å². The summed E-state index contributed by atoms with van der Waals surface area (Å²) in [7, 11) is 0. The van der Waals surface area contributed by atoms with Gasteiger partial charge in [-0.15, -0.1) is 0 Å². The Kier molecular flexibility index (Phi) is 5.74. The summed E-state index contributed by atoms with van der Waals surface area (Å²) >= 11 is 0. The van der Waals surface area contributed by atoms with Crippen LogP contribution in [0.4, 0.5) is 10.5 Å². The number of rotatable bonds is 4. The minimum atomic E-state index is -1.06. The molecule has 0 bridgehead atoms. The number of nitrogens with zero attached hydrogens (tertiary/aromatic N) is 1. The first-order valence-electron chi connectivity index (χ1n) is 8.49. The standard InChI is InChI=1S/C18H26N4O4/c1-18(2,3)26-17(25)21-14(9-15(20)23)16(24)22-7-6-11-4-5-13(19)8-12(11)10-22/h4-5,8,14H,6-7,9-10,19H2,1-3H3,(H2,20,23)(H,21,25)/t14-/m1/s1. The van der Waals surface area contributed by atoms with Crippen LogP contribution in [0.25, 0.3) is 0 Å². The Balaban J connectivity index is 2.11. The Morgan fingerprint density at radius 1 is 1.27 bits per heavy atom. The highest BCUT2D eigenvalue weighted by Crippen LogP contribution is 2.22. The molecule has 0 fully saturated rings. The van der Waals surface area contributed by atoms with E-state index in [1.807, 2.05) is 18.2 Å². The van der Waals surface area contributed by atoms with Gasteiger partial charge < -0.3 is 26.4 Å². The predicted octanol–water partition coefficient (Wildman–Crippen LogP) is 0.922. The monoisotopic (exact) mass is 362 g/mol. The van der Waals surface area contributed by atoms with Crippen molar-refractivity contribution < 1.29 is 19.1 Å². The molecular weight excluding hydrogens is 336 g/mol. The molecule has 1 aromatic rings. The Morgan fingerprint density at radius 3 is 2.58 bits per heavy atom. The van der Waals surface area contributed by atoms with E-state index in [2.05, 4.69) is 5.32 Å². The Morgan fingerprint density at radius 2 is 1.96 bits per heavy atom. The molecule has 1 heterocycles. The van der Waals surface area contributed by atoms with Crippen LogP contribution in [0.2, 0.25) is 0 Å². The lowest BCUT2D eigenvalue weighted by atomic mass is 9.98. The Labute approximate surface area is 152 Å². The smallest absolute Gasteiger partial charge is 0.408 e. The molecule has 0 spiro atoms. The van der Waals surface area contributed by atoms with Crippen LogP contribution >= 0.6 is 0 Å². The van der Waals surface area contributed by atoms with E-state index in [1.54, 1.807) is 25.7 Å². The number of nitrogens with one attached hydrogen (secondary N) is 1. The molecule has 0 aromatic heterocycles. The Hall–Kier alpha value is -2.77. The number of primary amides is 1. The van der Waals surface area contributed by atoms with Gasteiger partial charge in [0.2, 0.25) is 11.8 Å². The lowest BCUT2D eigenvalue weighted by Gasteiger charge is -2.32. The largest absolute Gasteiger partial charge is 0.444 e. The summed E-state index contributed by atoms with van der Waals surface area (Å²) in [6.45, 7) is 5.99. The van der Waals surface area contributed by atoms with Crippen LogP contribution < -0.4 is 16.8 Å². The number of amides is 3. The molecule has 1 aliphatic rings. The van der Waals surface area contributed by atoms with E-state index in [-0.39, 0.29) is 12.3 Å². The SMILES string of the molecule is CC(C)(C)OC(=O)N[C@H](CC(N)=O)C(=O)N1CCc2ccc(N)cc2C1. The topological polar surface area (TPSA) is 128 Å². The summed E-state index contributed by atoms with van der Waals surface area (Å²) in [6, 6.07) is 4.55. The fourth-order valence-electron chi connectivity index (χ4n) is 2.84. The molecule has 0 unspecified atom stereocenters. The van der Waals surface area contributed by atoms with Crippen LogP contribution in [0, 0.1) is 0 Å². The highest BCUT2D eigenvalue weighted by molar-refractivity contribution is 5.90. The first kappa shape index (κ1) is 19.6. The summed E-state index contributed by atoms with van der Waals surface area (Å²) in [5.41, 5.74) is 13.1. The molecule has 8 heteroatoms. The van der Waals surface area contributed by atoms with E-state index in [9.17, 15) is 14.4 Å². The van der Waals surface area contributed by atoms with Crippen molar-refractivity contribution in [1.82, 2.24) is 10.2 Å². The number of carbonyl (C=O) groups excluding carboxylic acids is 3. The summed E-state index contributed by atoms with van der Waals surface area (Å²) in [5, 5.41) is 2.46. The third-order valence-electron chi connectivity index (χ3n) is 3.95. The summed E-state index contributed by atoms with van der Waals surface area (Å²) < 4.78 is 5.17. The molecule has 1 aliphatic heterocycles. The highest BCUT2D eigenvalue weighted by Gasteiger charge is 2.31. The molecule has 5 N–H and O–H groups in total. The second kappa shape index (κ2) is 7.63. The van der Waals surface area contributed by atoms with Crippen molar-refractivity contribution in [1.29, 1.82) is 0 Å². The number of hydrogen-bond acceptors (Lipinski definition) is 5. The third-order valence-corrected chi connectivity index (χ3v) is 3.95. The van der Waals surface area contributed by atoms with Gasteiger partial charge in [-0.2, -0.15) is 0 Å². The van der Waals surface area contributed by atoms with Gasteiger partial charge in [0.15, 0.2) is 0 Å². The van der Waals surface area contributed by atoms with E-state index in [0.29, 0.717) is 25.2 Å². The molecule has 3 amide bonds. The van der Waals surface area contributed by atoms with Crippen molar-refractivity contribution in [2.75, 3.05) is 12.3 Å². The van der Waals surface area contributed by atoms with Crippen molar-refractivity contribution in [2.45, 2.75) is 51.8 Å². The number of alkyl carbamates (subject to hydrolysis) is 1. The van der Waals surface area contributed by atoms with Crippen molar-refractivity contribution in [3.8, 4) is 0 Å². The molecule has 0 radical (unpaired) electrons. The lowest BCUT2D eigenvalue weighted by Crippen LogP contribution is -2.52. The number of benzene rings is 1. The van der Waals surface area contributed by atoms with Gasteiger partial charge in [0.05, 0.1) is 6.42 Å². The van der Waals surface area contributed by atoms with Gasteiger partial charge in [-0.05, 0) is 50.5 Å². The van der Waals surface area contributed by atoms with Crippen LogP contribution in [0.5, 0.6) is 0 Å². The van der Waals surface area contributed by atoms with Crippen molar-refractivity contribution in [3.05, 3.63) is 29.3 Å². The molecular formula is C18H26N4O4. The molecule has 0 aliphatic carbocycles. The van der Waals surface area contributed by atoms with E-state index >= 15 is 0 Å². The number of ether oxygens (including phenoxy) is 1. The number of nitrogens with two attached hydrogens (primary N) is 2. The van der Waals surface area contributed by atoms with Gasteiger partial charge in [-0.25, -0.2) is 4.79 Å². The van der Waals surface area contributed by atoms with Gasteiger partial charge in [-0.1, -0.05) is 6.07 Å². The average molecular weight is 362 g/mol. The molecule has 0 saturated heterocycles. The van der Waals surface area contributed by atoms with Crippen molar-refractivity contribution >= 4 is 23.6 Å². The maximum absolute atomic E-state index is 12.8.